The van der Waals surface area contributed by atoms with E-state index in [-0.39, 0.29) is 5.91 Å². The molecule has 3 heterocycles. The number of nitriles is 1. The lowest BCUT2D eigenvalue weighted by Gasteiger charge is -2.08. The average molecular weight is 461 g/mol. The van der Waals surface area contributed by atoms with E-state index in [1.165, 1.54) is 0 Å². The minimum atomic E-state index is -0.410. The highest BCUT2D eigenvalue weighted by Gasteiger charge is 2.24. The number of halogens is 1. The fraction of sp³-hybridized carbons (Fsp3) is 0.240. The highest BCUT2D eigenvalue weighted by molar-refractivity contribution is 6.31. The van der Waals surface area contributed by atoms with Gasteiger partial charge in [-0.05, 0) is 62.2 Å². The first-order valence-corrected chi connectivity index (χ1v) is 11.1. The molecular formula is C25H21ClN4O3. The van der Waals surface area contributed by atoms with Gasteiger partial charge in [-0.2, -0.15) is 10.4 Å². The molecule has 1 fully saturated rings. The molecule has 5 rings (SSSR count). The van der Waals surface area contributed by atoms with E-state index in [0.717, 1.165) is 40.6 Å². The van der Waals surface area contributed by atoms with E-state index in [4.69, 9.17) is 26.0 Å². The third-order valence-electron chi connectivity index (χ3n) is 5.73. The monoisotopic (exact) mass is 460 g/mol. The van der Waals surface area contributed by atoms with Gasteiger partial charge in [-0.1, -0.05) is 11.6 Å². The zero-order chi connectivity index (χ0) is 22.9. The standard InChI is InChI=1S/C25H21ClN4O3/c1-15-9-23(28-25(31)21-3-2-8-32-21)29-30(15)14-19-11-20(26)10-18-12-22(33-24(18)19)17-6-4-16(13-27)5-7-17/h4-7,9-12,21H,2-3,8,14H2,1H3,(H,28,29,31)/t21-/m1/s1. The Balaban J connectivity index is 1.42. The number of carbonyl (C=O) groups excluding carboxylic acids is 1. The molecule has 0 radical (unpaired) electrons. The third-order valence-corrected chi connectivity index (χ3v) is 5.95. The fourth-order valence-corrected chi connectivity index (χ4v) is 4.29. The second-order valence-corrected chi connectivity index (χ2v) is 8.54. The maximum Gasteiger partial charge on any atom is 0.254 e. The Morgan fingerprint density at radius 2 is 2.09 bits per heavy atom. The molecular weight excluding hydrogens is 440 g/mol. The van der Waals surface area contributed by atoms with E-state index >= 15 is 0 Å². The van der Waals surface area contributed by atoms with Crippen molar-refractivity contribution in [2.45, 2.75) is 32.4 Å². The molecule has 8 heteroatoms. The molecule has 0 bridgehead atoms. The Morgan fingerprint density at radius 1 is 1.27 bits per heavy atom. The molecule has 0 spiro atoms. The van der Waals surface area contributed by atoms with E-state index < -0.39 is 6.10 Å². The van der Waals surface area contributed by atoms with Crippen molar-refractivity contribution in [1.29, 1.82) is 5.26 Å². The van der Waals surface area contributed by atoms with Crippen LogP contribution < -0.4 is 5.32 Å². The molecule has 7 nitrogen and oxygen atoms in total. The normalized spacial score (nSPS) is 15.6. The third kappa shape index (κ3) is 4.36. The summed E-state index contributed by atoms with van der Waals surface area (Å²) < 4.78 is 13.4. The first-order chi connectivity index (χ1) is 16.0. The number of furan rings is 1. The summed E-state index contributed by atoms with van der Waals surface area (Å²) in [5, 5.41) is 17.9. The van der Waals surface area contributed by atoms with Gasteiger partial charge in [0.25, 0.3) is 5.91 Å². The number of carbonyl (C=O) groups is 1. The van der Waals surface area contributed by atoms with Crippen molar-refractivity contribution in [2.24, 2.45) is 0 Å². The summed E-state index contributed by atoms with van der Waals surface area (Å²) in [7, 11) is 0. The number of amides is 1. The van der Waals surface area contributed by atoms with Gasteiger partial charge < -0.3 is 14.5 Å². The molecule has 1 N–H and O–H groups in total. The lowest BCUT2D eigenvalue weighted by molar-refractivity contribution is -0.124. The van der Waals surface area contributed by atoms with Crippen molar-refractivity contribution < 1.29 is 13.9 Å². The Morgan fingerprint density at radius 3 is 2.82 bits per heavy atom. The molecule has 166 valence electrons. The van der Waals surface area contributed by atoms with E-state index in [1.54, 1.807) is 16.8 Å². The average Bonchev–Trinajstić information content (AvgIpc) is 3.54. The van der Waals surface area contributed by atoms with Crippen LogP contribution in [0.3, 0.4) is 0 Å². The van der Waals surface area contributed by atoms with Gasteiger partial charge >= 0.3 is 0 Å². The van der Waals surface area contributed by atoms with Crippen LogP contribution in [0.2, 0.25) is 5.02 Å². The molecule has 2 aromatic carbocycles. The summed E-state index contributed by atoms with van der Waals surface area (Å²) in [6.07, 6.45) is 1.21. The molecule has 1 saturated heterocycles. The van der Waals surface area contributed by atoms with Gasteiger partial charge in [0.05, 0.1) is 18.2 Å². The molecule has 1 atom stereocenters. The van der Waals surface area contributed by atoms with Gasteiger partial charge in [0.15, 0.2) is 5.82 Å². The molecule has 1 aliphatic rings. The highest BCUT2D eigenvalue weighted by atomic mass is 35.5. The van der Waals surface area contributed by atoms with Crippen molar-refractivity contribution in [2.75, 3.05) is 11.9 Å². The largest absolute Gasteiger partial charge is 0.456 e. The van der Waals surface area contributed by atoms with Crippen LogP contribution in [0.15, 0.2) is 52.9 Å². The van der Waals surface area contributed by atoms with Crippen molar-refractivity contribution in [1.82, 2.24) is 9.78 Å². The van der Waals surface area contributed by atoms with Crippen LogP contribution in [-0.2, 0) is 16.1 Å². The molecule has 0 saturated carbocycles. The van der Waals surface area contributed by atoms with Gasteiger partial charge in [-0.15, -0.1) is 0 Å². The van der Waals surface area contributed by atoms with Gasteiger partial charge in [0.2, 0.25) is 0 Å². The van der Waals surface area contributed by atoms with Crippen LogP contribution in [0.4, 0.5) is 5.82 Å². The van der Waals surface area contributed by atoms with Gasteiger partial charge in [0.1, 0.15) is 17.4 Å². The van der Waals surface area contributed by atoms with E-state index in [9.17, 15) is 4.79 Å². The number of ether oxygens (including phenoxy) is 1. The van der Waals surface area contributed by atoms with Crippen LogP contribution in [0.5, 0.6) is 0 Å². The number of fused-ring (bicyclic) bond motifs is 1. The minimum absolute atomic E-state index is 0.166. The quantitative estimate of drug-likeness (QED) is 0.436. The number of aromatic nitrogens is 2. The van der Waals surface area contributed by atoms with E-state index in [0.29, 0.717) is 35.3 Å². The first-order valence-electron chi connectivity index (χ1n) is 10.7. The van der Waals surface area contributed by atoms with Crippen molar-refractivity contribution in [3.05, 3.63) is 70.4 Å². The van der Waals surface area contributed by atoms with Gasteiger partial charge in [-0.25, -0.2) is 0 Å². The summed E-state index contributed by atoms with van der Waals surface area (Å²) in [6.45, 7) is 2.98. The van der Waals surface area contributed by atoms with Crippen LogP contribution in [-0.4, -0.2) is 28.4 Å². The predicted octanol–water partition coefficient (Wildman–Crippen LogP) is 5.30. The Kier molecular flexibility index (Phi) is 5.63. The zero-order valence-corrected chi connectivity index (χ0v) is 18.7. The molecule has 0 aliphatic carbocycles. The van der Waals surface area contributed by atoms with E-state index in [1.807, 2.05) is 43.3 Å². The van der Waals surface area contributed by atoms with Gasteiger partial charge in [-0.3, -0.25) is 9.48 Å². The Hall–Kier alpha value is -3.60. The summed E-state index contributed by atoms with van der Waals surface area (Å²) in [5.41, 5.74) is 3.96. The smallest absolute Gasteiger partial charge is 0.254 e. The van der Waals surface area contributed by atoms with Crippen LogP contribution >= 0.6 is 11.6 Å². The maximum atomic E-state index is 12.4. The molecule has 1 amide bonds. The number of anilines is 1. The fourth-order valence-electron chi connectivity index (χ4n) is 4.04. The molecule has 0 unspecified atom stereocenters. The minimum Gasteiger partial charge on any atom is -0.456 e. The molecule has 33 heavy (non-hydrogen) atoms. The lowest BCUT2D eigenvalue weighted by Crippen LogP contribution is -2.27. The molecule has 2 aromatic heterocycles. The summed E-state index contributed by atoms with van der Waals surface area (Å²) in [6, 6.07) is 16.9. The highest BCUT2D eigenvalue weighted by Crippen LogP contribution is 2.33. The Labute approximate surface area is 195 Å². The Bertz CT molecular complexity index is 1380. The van der Waals surface area contributed by atoms with Crippen LogP contribution in [0.1, 0.15) is 29.7 Å². The predicted molar refractivity (Wildman–Crippen MR) is 125 cm³/mol. The van der Waals surface area contributed by atoms with Crippen molar-refractivity contribution in [3.8, 4) is 17.4 Å². The maximum absolute atomic E-state index is 12.4. The lowest BCUT2D eigenvalue weighted by atomic mass is 10.1. The number of benzene rings is 2. The number of hydrogen-bond acceptors (Lipinski definition) is 5. The SMILES string of the molecule is Cc1cc(NC(=O)[C@H]2CCCO2)nn1Cc1cc(Cl)cc2cc(-c3ccc(C#N)cc3)oc12. The number of rotatable bonds is 5. The summed E-state index contributed by atoms with van der Waals surface area (Å²) in [4.78, 5) is 12.4. The van der Waals surface area contributed by atoms with Crippen LogP contribution in [0, 0.1) is 18.3 Å². The first kappa shape index (κ1) is 21.3. The molecule has 4 aromatic rings. The second kappa shape index (κ2) is 8.74. The number of nitrogens with zero attached hydrogens (tertiary/aromatic N) is 3. The molecule has 1 aliphatic heterocycles. The number of nitrogens with one attached hydrogen (secondary N) is 1. The summed E-state index contributed by atoms with van der Waals surface area (Å²) in [5.74, 6) is 1.02. The van der Waals surface area contributed by atoms with Gasteiger partial charge in [0, 0.05) is 39.9 Å². The number of hydrogen-bond donors (Lipinski definition) is 1. The van der Waals surface area contributed by atoms with Crippen LogP contribution in [0.25, 0.3) is 22.3 Å². The zero-order valence-electron chi connectivity index (χ0n) is 18.0. The second-order valence-electron chi connectivity index (χ2n) is 8.10. The number of aryl methyl sites for hydroxylation is 1. The van der Waals surface area contributed by atoms with Crippen molar-refractivity contribution in [3.63, 3.8) is 0 Å². The van der Waals surface area contributed by atoms with Crippen molar-refractivity contribution >= 4 is 34.3 Å². The topological polar surface area (TPSA) is 93.1 Å². The summed E-state index contributed by atoms with van der Waals surface area (Å²) >= 11 is 6.39. The van der Waals surface area contributed by atoms with E-state index in [2.05, 4.69) is 16.5 Å².